The Labute approximate surface area is 190 Å². The number of fused-ring (bicyclic) bond motifs is 1. The van der Waals surface area contributed by atoms with Crippen LogP contribution in [0.2, 0.25) is 0 Å². The molecule has 0 aliphatic rings. The zero-order valence-corrected chi connectivity index (χ0v) is 20.0. The molecule has 0 saturated heterocycles. The van der Waals surface area contributed by atoms with Crippen molar-refractivity contribution in [2.45, 2.75) is 53.5 Å². The smallest absolute Gasteiger partial charge is 0.408 e. The SMILES string of the molecule is Cc1ccc(-c2c(OC(=O)N(C)C(C)(C)C)c(CC(C)C)nc3ccc(C=O)cc23)cc1. The Morgan fingerprint density at radius 1 is 1.12 bits per heavy atom. The van der Waals surface area contributed by atoms with Crippen LogP contribution >= 0.6 is 0 Å². The number of aromatic nitrogens is 1. The van der Waals surface area contributed by atoms with Crippen molar-refractivity contribution in [3.05, 3.63) is 59.3 Å². The Bertz CT molecular complexity index is 1140. The van der Waals surface area contributed by atoms with E-state index in [1.54, 1.807) is 18.0 Å². The molecule has 168 valence electrons. The number of aryl methyl sites for hydroxylation is 1. The molecule has 0 atom stereocenters. The molecular weight excluding hydrogens is 400 g/mol. The van der Waals surface area contributed by atoms with Crippen LogP contribution in [0.1, 0.15) is 56.2 Å². The average Bonchev–Trinajstić information content (AvgIpc) is 2.73. The molecule has 0 aliphatic carbocycles. The number of rotatable bonds is 5. The van der Waals surface area contributed by atoms with Gasteiger partial charge < -0.3 is 9.64 Å². The number of pyridine rings is 1. The lowest BCUT2D eigenvalue weighted by Gasteiger charge is -2.31. The van der Waals surface area contributed by atoms with Gasteiger partial charge in [-0.25, -0.2) is 9.78 Å². The van der Waals surface area contributed by atoms with Gasteiger partial charge in [-0.2, -0.15) is 0 Å². The summed E-state index contributed by atoms with van der Waals surface area (Å²) in [4.78, 5) is 31.1. The summed E-state index contributed by atoms with van der Waals surface area (Å²) in [5.74, 6) is 0.775. The third-order valence-corrected chi connectivity index (χ3v) is 5.58. The van der Waals surface area contributed by atoms with Gasteiger partial charge in [0.25, 0.3) is 0 Å². The predicted molar refractivity (Wildman–Crippen MR) is 129 cm³/mol. The summed E-state index contributed by atoms with van der Waals surface area (Å²) >= 11 is 0. The van der Waals surface area contributed by atoms with Crippen LogP contribution in [0, 0.1) is 12.8 Å². The number of carbonyl (C=O) groups excluding carboxylic acids is 2. The lowest BCUT2D eigenvalue weighted by atomic mass is 9.95. The maximum Gasteiger partial charge on any atom is 0.415 e. The molecule has 2 aromatic carbocycles. The molecule has 0 spiro atoms. The first-order valence-corrected chi connectivity index (χ1v) is 11.0. The molecule has 0 radical (unpaired) electrons. The Morgan fingerprint density at radius 3 is 2.34 bits per heavy atom. The maximum atomic E-state index is 13.1. The maximum absolute atomic E-state index is 13.1. The van der Waals surface area contributed by atoms with E-state index >= 15 is 0 Å². The molecule has 0 unspecified atom stereocenters. The molecule has 3 rings (SSSR count). The number of nitrogens with zero attached hydrogens (tertiary/aromatic N) is 2. The largest absolute Gasteiger partial charge is 0.415 e. The van der Waals surface area contributed by atoms with E-state index in [1.165, 1.54) is 0 Å². The fourth-order valence-electron chi connectivity index (χ4n) is 3.46. The molecule has 1 heterocycles. The van der Waals surface area contributed by atoms with Crippen LogP contribution in [-0.4, -0.2) is 34.8 Å². The highest BCUT2D eigenvalue weighted by atomic mass is 16.6. The third kappa shape index (κ3) is 4.98. The van der Waals surface area contributed by atoms with Crippen molar-refractivity contribution in [3.63, 3.8) is 0 Å². The first-order chi connectivity index (χ1) is 15.0. The molecule has 0 fully saturated rings. The van der Waals surface area contributed by atoms with Gasteiger partial charge in [0.2, 0.25) is 0 Å². The summed E-state index contributed by atoms with van der Waals surface area (Å²) in [5.41, 5.74) is 4.49. The normalized spacial score (nSPS) is 11.6. The van der Waals surface area contributed by atoms with Gasteiger partial charge in [0.05, 0.1) is 11.2 Å². The number of carbonyl (C=O) groups is 2. The Hall–Kier alpha value is -3.21. The second-order valence-electron chi connectivity index (χ2n) is 9.72. The van der Waals surface area contributed by atoms with E-state index in [4.69, 9.17) is 9.72 Å². The van der Waals surface area contributed by atoms with Crippen LogP contribution in [0.4, 0.5) is 4.79 Å². The summed E-state index contributed by atoms with van der Waals surface area (Å²) < 4.78 is 6.07. The highest BCUT2D eigenvalue weighted by molar-refractivity contribution is 6.01. The summed E-state index contributed by atoms with van der Waals surface area (Å²) in [6.45, 7) is 12.1. The number of amides is 1. The van der Waals surface area contributed by atoms with Crippen LogP contribution in [-0.2, 0) is 6.42 Å². The number of ether oxygens (including phenoxy) is 1. The standard InChI is InChI=1S/C27H32N2O3/c1-17(2)14-23-25(32-26(31)29(7)27(4,5)6)24(20-11-8-18(3)9-12-20)21-15-19(16-30)10-13-22(21)28-23/h8-13,15-17H,14H2,1-7H3. The van der Waals surface area contributed by atoms with Crippen molar-refractivity contribution < 1.29 is 14.3 Å². The highest BCUT2D eigenvalue weighted by Crippen LogP contribution is 2.40. The molecule has 5 nitrogen and oxygen atoms in total. The van der Waals surface area contributed by atoms with Gasteiger partial charge in [-0.05, 0) is 63.8 Å². The second kappa shape index (κ2) is 9.11. The molecule has 0 saturated carbocycles. The number of hydrogen-bond donors (Lipinski definition) is 0. The van der Waals surface area contributed by atoms with Crippen LogP contribution in [0.25, 0.3) is 22.0 Å². The minimum atomic E-state index is -0.441. The van der Waals surface area contributed by atoms with Crippen molar-refractivity contribution in [2.75, 3.05) is 7.05 Å². The van der Waals surface area contributed by atoms with Gasteiger partial charge >= 0.3 is 6.09 Å². The van der Waals surface area contributed by atoms with E-state index in [0.29, 0.717) is 23.7 Å². The number of aldehydes is 1. The first kappa shape index (κ1) is 23.5. The topological polar surface area (TPSA) is 59.5 Å². The Morgan fingerprint density at radius 2 is 1.78 bits per heavy atom. The van der Waals surface area contributed by atoms with Crippen molar-refractivity contribution in [1.29, 1.82) is 0 Å². The van der Waals surface area contributed by atoms with E-state index in [9.17, 15) is 9.59 Å². The molecule has 1 amide bonds. The number of benzene rings is 2. The summed E-state index contributed by atoms with van der Waals surface area (Å²) in [5, 5.41) is 0.784. The second-order valence-corrected chi connectivity index (χ2v) is 9.72. The highest BCUT2D eigenvalue weighted by Gasteiger charge is 2.27. The van der Waals surface area contributed by atoms with E-state index < -0.39 is 11.6 Å². The molecular formula is C27H32N2O3. The van der Waals surface area contributed by atoms with E-state index in [2.05, 4.69) is 13.8 Å². The lowest BCUT2D eigenvalue weighted by molar-refractivity contribution is 0.112. The van der Waals surface area contributed by atoms with E-state index in [0.717, 1.165) is 39.6 Å². The lowest BCUT2D eigenvalue weighted by Crippen LogP contribution is -2.44. The Balaban J connectivity index is 2.33. The van der Waals surface area contributed by atoms with Crippen LogP contribution < -0.4 is 4.74 Å². The summed E-state index contributed by atoms with van der Waals surface area (Å²) in [6, 6.07) is 13.5. The van der Waals surface area contributed by atoms with Gasteiger partial charge in [0.15, 0.2) is 5.75 Å². The quantitative estimate of drug-likeness (QED) is 0.435. The average molecular weight is 433 g/mol. The van der Waals surface area contributed by atoms with Crippen molar-refractivity contribution >= 4 is 23.3 Å². The fraction of sp³-hybridized carbons (Fsp3) is 0.370. The minimum Gasteiger partial charge on any atom is -0.408 e. The van der Waals surface area contributed by atoms with E-state index in [-0.39, 0.29) is 0 Å². The van der Waals surface area contributed by atoms with Gasteiger partial charge in [-0.3, -0.25) is 4.79 Å². The third-order valence-electron chi connectivity index (χ3n) is 5.58. The van der Waals surface area contributed by atoms with Gasteiger partial charge in [-0.1, -0.05) is 43.7 Å². The summed E-state index contributed by atoms with van der Waals surface area (Å²) in [6.07, 6.45) is 1.04. The zero-order chi connectivity index (χ0) is 23.6. The van der Waals surface area contributed by atoms with Crippen molar-refractivity contribution in [1.82, 2.24) is 9.88 Å². The molecule has 32 heavy (non-hydrogen) atoms. The molecule has 5 heteroatoms. The molecule has 3 aromatic rings. The van der Waals surface area contributed by atoms with Crippen molar-refractivity contribution in [3.8, 4) is 16.9 Å². The van der Waals surface area contributed by atoms with Crippen molar-refractivity contribution in [2.24, 2.45) is 5.92 Å². The molecule has 0 bridgehead atoms. The van der Waals surface area contributed by atoms with Crippen LogP contribution in [0.5, 0.6) is 5.75 Å². The number of hydrogen-bond acceptors (Lipinski definition) is 4. The molecule has 1 aromatic heterocycles. The predicted octanol–water partition coefficient (Wildman–Crippen LogP) is 6.45. The van der Waals surface area contributed by atoms with Crippen LogP contribution in [0.3, 0.4) is 0 Å². The molecule has 0 N–H and O–H groups in total. The van der Waals surface area contributed by atoms with E-state index in [1.807, 2.05) is 64.1 Å². The van der Waals surface area contributed by atoms with Gasteiger partial charge in [0.1, 0.15) is 6.29 Å². The first-order valence-electron chi connectivity index (χ1n) is 11.0. The fourth-order valence-corrected chi connectivity index (χ4v) is 3.46. The molecule has 0 aliphatic heterocycles. The monoisotopic (exact) mass is 432 g/mol. The zero-order valence-electron chi connectivity index (χ0n) is 20.0. The van der Waals surface area contributed by atoms with Crippen LogP contribution in [0.15, 0.2) is 42.5 Å². The summed E-state index contributed by atoms with van der Waals surface area (Å²) in [7, 11) is 1.73. The minimum absolute atomic E-state index is 0.317. The Kier molecular flexibility index (Phi) is 6.68. The van der Waals surface area contributed by atoms with Gasteiger partial charge in [0, 0.05) is 29.1 Å². The van der Waals surface area contributed by atoms with Gasteiger partial charge in [-0.15, -0.1) is 0 Å².